The van der Waals surface area contributed by atoms with E-state index in [9.17, 15) is 4.79 Å². The minimum absolute atomic E-state index is 0.345. The van der Waals surface area contributed by atoms with E-state index in [-0.39, 0.29) is 5.91 Å². The molecular weight excluding hydrogens is 162 g/mol. The lowest BCUT2D eigenvalue weighted by Crippen LogP contribution is -2.10. The van der Waals surface area contributed by atoms with Crippen LogP contribution in [0.4, 0.5) is 0 Å². The first-order valence-electron chi connectivity index (χ1n) is 3.21. The zero-order chi connectivity index (χ0) is 10.1. The molecule has 0 fully saturated rings. The molecule has 0 radical (unpaired) electrons. The lowest BCUT2D eigenvalue weighted by molar-refractivity contribution is -0.140. The van der Waals surface area contributed by atoms with Gasteiger partial charge in [-0.05, 0) is 13.8 Å². The maximum Gasteiger partial charge on any atom is 0.329 e. The molecule has 0 aliphatic heterocycles. The Bertz CT molecular complexity index is 186. The van der Waals surface area contributed by atoms with Crippen molar-refractivity contribution in [3.63, 3.8) is 0 Å². The topological polar surface area (TPSA) is 101 Å². The number of carbonyl (C=O) groups excluding carboxylic acids is 1. The smallest absolute Gasteiger partial charge is 0.329 e. The number of amides is 1. The number of hydrogen-bond donors (Lipinski definition) is 3. The minimum Gasteiger partial charge on any atom is -0.480 e. The van der Waals surface area contributed by atoms with Crippen LogP contribution in [-0.2, 0) is 9.59 Å². The number of aliphatic hydroxyl groups is 1. The third-order valence-corrected chi connectivity index (χ3v) is 0.957. The SMILES string of the molecule is C/C=C(\C)C(N)=O.O=C(O)CO. The maximum atomic E-state index is 10.1. The lowest BCUT2D eigenvalue weighted by Gasteiger charge is -1.85. The van der Waals surface area contributed by atoms with E-state index in [0.29, 0.717) is 5.57 Å². The van der Waals surface area contributed by atoms with E-state index >= 15 is 0 Å². The summed E-state index contributed by atoms with van der Waals surface area (Å²) in [7, 11) is 0. The van der Waals surface area contributed by atoms with Gasteiger partial charge >= 0.3 is 5.97 Å². The van der Waals surface area contributed by atoms with Crippen molar-refractivity contribution in [1.29, 1.82) is 0 Å². The van der Waals surface area contributed by atoms with Gasteiger partial charge in [-0.2, -0.15) is 0 Å². The average molecular weight is 175 g/mol. The van der Waals surface area contributed by atoms with Gasteiger partial charge in [0.05, 0.1) is 0 Å². The molecule has 4 N–H and O–H groups in total. The largest absolute Gasteiger partial charge is 0.480 e. The van der Waals surface area contributed by atoms with E-state index in [1.807, 2.05) is 0 Å². The van der Waals surface area contributed by atoms with Crippen LogP contribution in [0.2, 0.25) is 0 Å². The number of carbonyl (C=O) groups is 2. The zero-order valence-corrected chi connectivity index (χ0v) is 7.07. The van der Waals surface area contributed by atoms with Gasteiger partial charge in [-0.3, -0.25) is 4.79 Å². The van der Waals surface area contributed by atoms with Gasteiger partial charge in [0, 0.05) is 5.57 Å². The molecule has 0 aromatic rings. The molecule has 0 unspecified atom stereocenters. The van der Waals surface area contributed by atoms with Gasteiger partial charge in [0.1, 0.15) is 6.61 Å². The molecule has 1 amide bonds. The monoisotopic (exact) mass is 175 g/mol. The Morgan fingerprint density at radius 3 is 1.83 bits per heavy atom. The second kappa shape index (κ2) is 7.74. The third-order valence-electron chi connectivity index (χ3n) is 0.957. The molecule has 0 atom stereocenters. The number of hydrogen-bond acceptors (Lipinski definition) is 3. The molecule has 5 heteroatoms. The van der Waals surface area contributed by atoms with E-state index in [4.69, 9.17) is 20.7 Å². The van der Waals surface area contributed by atoms with Crippen molar-refractivity contribution in [2.75, 3.05) is 6.61 Å². The molecule has 0 rings (SSSR count). The van der Waals surface area contributed by atoms with Gasteiger partial charge in [0.25, 0.3) is 0 Å². The highest BCUT2D eigenvalue weighted by Gasteiger charge is 1.90. The van der Waals surface area contributed by atoms with Gasteiger partial charge in [-0.15, -0.1) is 0 Å². The van der Waals surface area contributed by atoms with Crippen molar-refractivity contribution >= 4 is 11.9 Å². The van der Waals surface area contributed by atoms with Crippen molar-refractivity contribution in [2.45, 2.75) is 13.8 Å². The van der Waals surface area contributed by atoms with E-state index in [0.717, 1.165) is 0 Å². The van der Waals surface area contributed by atoms with E-state index in [1.54, 1.807) is 19.9 Å². The molecule has 0 spiro atoms. The summed E-state index contributed by atoms with van der Waals surface area (Å²) in [5, 5.41) is 15.0. The molecule has 0 saturated heterocycles. The molecule has 0 aliphatic carbocycles. The molecule has 0 aromatic heterocycles. The average Bonchev–Trinajstić information content (AvgIpc) is 2.04. The molecule has 0 aromatic carbocycles. The molecule has 0 saturated carbocycles. The number of nitrogens with two attached hydrogens (primary N) is 1. The highest BCUT2D eigenvalue weighted by Crippen LogP contribution is 1.85. The van der Waals surface area contributed by atoms with Crippen molar-refractivity contribution < 1.29 is 19.8 Å². The maximum absolute atomic E-state index is 10.1. The third kappa shape index (κ3) is 11.4. The predicted molar refractivity (Wildman–Crippen MR) is 43.3 cm³/mol. The Kier molecular flexibility index (Phi) is 8.55. The van der Waals surface area contributed by atoms with E-state index in [1.165, 1.54) is 0 Å². The fraction of sp³-hybridized carbons (Fsp3) is 0.429. The van der Waals surface area contributed by atoms with Crippen LogP contribution in [0.3, 0.4) is 0 Å². The summed E-state index contributed by atoms with van der Waals surface area (Å²) in [6.07, 6.45) is 1.68. The number of carboxylic acids is 1. The molecule has 12 heavy (non-hydrogen) atoms. The van der Waals surface area contributed by atoms with Crippen LogP contribution in [0.1, 0.15) is 13.8 Å². The second-order valence-corrected chi connectivity index (χ2v) is 1.89. The lowest BCUT2D eigenvalue weighted by atomic mass is 10.3. The fourth-order valence-corrected chi connectivity index (χ4v) is 0.142. The molecule has 70 valence electrons. The fourth-order valence-electron chi connectivity index (χ4n) is 0.142. The van der Waals surface area contributed by atoms with E-state index in [2.05, 4.69) is 0 Å². The summed E-state index contributed by atoms with van der Waals surface area (Å²) in [4.78, 5) is 19.2. The number of rotatable bonds is 2. The summed E-state index contributed by atoms with van der Waals surface area (Å²) in [6, 6.07) is 0. The minimum atomic E-state index is -1.19. The van der Waals surface area contributed by atoms with Gasteiger partial charge in [-0.1, -0.05) is 6.08 Å². The first kappa shape index (κ1) is 13.2. The van der Waals surface area contributed by atoms with Crippen LogP contribution >= 0.6 is 0 Å². The van der Waals surface area contributed by atoms with Crippen LogP contribution in [0, 0.1) is 0 Å². The van der Waals surface area contributed by atoms with Crippen LogP contribution in [-0.4, -0.2) is 28.7 Å². The number of carboxylic acid groups (broad SMARTS) is 1. The summed E-state index contributed by atoms with van der Waals surface area (Å²) < 4.78 is 0. The van der Waals surface area contributed by atoms with Crippen LogP contribution in [0.15, 0.2) is 11.6 Å². The van der Waals surface area contributed by atoms with E-state index < -0.39 is 12.6 Å². The standard InChI is InChI=1S/C5H9NO.C2H4O3/c1-3-4(2)5(6)7;3-1-2(4)5/h3H,1-2H3,(H2,6,7);3H,1H2,(H,4,5)/b4-3+;. The normalized spacial score (nSPS) is 9.75. The quantitative estimate of drug-likeness (QED) is 0.492. The molecule has 0 aliphatic rings. The van der Waals surface area contributed by atoms with Crippen molar-refractivity contribution in [2.24, 2.45) is 5.73 Å². The summed E-state index contributed by atoms with van der Waals surface area (Å²) in [5.41, 5.74) is 5.45. The number of primary amides is 1. The number of allylic oxidation sites excluding steroid dienone is 1. The van der Waals surface area contributed by atoms with Crippen molar-refractivity contribution in [3.8, 4) is 0 Å². The first-order valence-corrected chi connectivity index (χ1v) is 3.21. The van der Waals surface area contributed by atoms with Crippen molar-refractivity contribution in [1.82, 2.24) is 0 Å². The summed E-state index contributed by atoms with van der Waals surface area (Å²) >= 11 is 0. The molecular formula is C7H13NO4. The Balaban J connectivity index is 0. The van der Waals surface area contributed by atoms with Gasteiger partial charge in [-0.25, -0.2) is 4.79 Å². The van der Waals surface area contributed by atoms with Crippen LogP contribution in [0.25, 0.3) is 0 Å². The Morgan fingerprint density at radius 1 is 1.50 bits per heavy atom. The van der Waals surface area contributed by atoms with Crippen molar-refractivity contribution in [3.05, 3.63) is 11.6 Å². The molecule has 0 heterocycles. The predicted octanol–water partition coefficient (Wildman–Crippen LogP) is -0.499. The number of aliphatic carboxylic acids is 1. The highest BCUT2D eigenvalue weighted by molar-refractivity contribution is 5.91. The Morgan fingerprint density at radius 2 is 1.83 bits per heavy atom. The first-order chi connectivity index (χ1) is 5.45. The molecule has 5 nitrogen and oxygen atoms in total. The summed E-state index contributed by atoms with van der Waals surface area (Å²) in [6.45, 7) is 2.68. The van der Waals surface area contributed by atoms with Gasteiger partial charge in [0.15, 0.2) is 0 Å². The number of aliphatic hydroxyl groups excluding tert-OH is 1. The van der Waals surface area contributed by atoms with Gasteiger partial charge < -0.3 is 15.9 Å². The zero-order valence-electron chi connectivity index (χ0n) is 7.07. The highest BCUT2D eigenvalue weighted by atomic mass is 16.4. The van der Waals surface area contributed by atoms with Gasteiger partial charge in [0.2, 0.25) is 5.91 Å². The van der Waals surface area contributed by atoms with Crippen LogP contribution < -0.4 is 5.73 Å². The summed E-state index contributed by atoms with van der Waals surface area (Å²) in [5.74, 6) is -1.53. The van der Waals surface area contributed by atoms with Crippen LogP contribution in [0.5, 0.6) is 0 Å². The Hall–Kier alpha value is -1.36. The Labute approximate surface area is 70.5 Å². The molecule has 0 bridgehead atoms. The second-order valence-electron chi connectivity index (χ2n) is 1.89.